The number of carbonyl (C=O) groups is 1. The van der Waals surface area contributed by atoms with Crippen molar-refractivity contribution in [2.24, 2.45) is 0 Å². The molecule has 1 aromatic heterocycles. The van der Waals surface area contributed by atoms with Gasteiger partial charge in [-0.2, -0.15) is 0 Å². The van der Waals surface area contributed by atoms with Crippen molar-refractivity contribution in [2.45, 2.75) is 26.7 Å². The molecule has 1 heterocycles. The number of methoxy groups -OCH3 is 1. The van der Waals surface area contributed by atoms with Crippen LogP contribution in [0.3, 0.4) is 0 Å². The SMILES string of the molecule is CC.COc1ccc2nccc(Oc3ccc(NC(=O)NC4=CCCC=C4)cc3)c2c1. The lowest BCUT2D eigenvalue weighted by Gasteiger charge is -2.12. The van der Waals surface area contributed by atoms with Gasteiger partial charge >= 0.3 is 6.03 Å². The summed E-state index contributed by atoms with van der Waals surface area (Å²) < 4.78 is 11.3. The first-order chi connectivity index (χ1) is 15.2. The Bertz CT molecular complexity index is 1090. The van der Waals surface area contributed by atoms with Crippen molar-refractivity contribution >= 4 is 22.6 Å². The fourth-order valence-corrected chi connectivity index (χ4v) is 3.05. The molecule has 2 amide bonds. The van der Waals surface area contributed by atoms with Gasteiger partial charge in [0, 0.05) is 23.0 Å². The van der Waals surface area contributed by atoms with Gasteiger partial charge in [0.2, 0.25) is 0 Å². The smallest absolute Gasteiger partial charge is 0.323 e. The fourth-order valence-electron chi connectivity index (χ4n) is 3.05. The summed E-state index contributed by atoms with van der Waals surface area (Å²) in [7, 11) is 1.63. The van der Waals surface area contributed by atoms with Crippen molar-refractivity contribution < 1.29 is 14.3 Å². The van der Waals surface area contributed by atoms with Crippen LogP contribution < -0.4 is 20.1 Å². The van der Waals surface area contributed by atoms with Crippen LogP contribution in [0.2, 0.25) is 0 Å². The largest absolute Gasteiger partial charge is 0.497 e. The third-order valence-corrected chi connectivity index (χ3v) is 4.50. The minimum Gasteiger partial charge on any atom is -0.497 e. The second-order valence-corrected chi connectivity index (χ2v) is 6.54. The molecule has 0 radical (unpaired) electrons. The molecule has 160 valence electrons. The lowest BCUT2D eigenvalue weighted by molar-refractivity contribution is 0.254. The van der Waals surface area contributed by atoms with E-state index in [0.717, 1.165) is 35.2 Å². The van der Waals surface area contributed by atoms with E-state index in [2.05, 4.69) is 15.6 Å². The zero-order chi connectivity index (χ0) is 22.1. The highest BCUT2D eigenvalue weighted by molar-refractivity contribution is 5.91. The van der Waals surface area contributed by atoms with Gasteiger partial charge in [-0.15, -0.1) is 0 Å². The Morgan fingerprint density at radius 3 is 2.45 bits per heavy atom. The summed E-state index contributed by atoms with van der Waals surface area (Å²) in [5.41, 5.74) is 2.31. The van der Waals surface area contributed by atoms with E-state index in [0.29, 0.717) is 17.2 Å². The number of benzene rings is 2. The van der Waals surface area contributed by atoms with Crippen molar-refractivity contribution in [1.82, 2.24) is 10.3 Å². The van der Waals surface area contributed by atoms with E-state index in [9.17, 15) is 4.79 Å². The van der Waals surface area contributed by atoms with Gasteiger partial charge in [-0.05, 0) is 67.4 Å². The number of hydrogen-bond donors (Lipinski definition) is 2. The molecule has 0 spiro atoms. The topological polar surface area (TPSA) is 72.5 Å². The molecule has 4 rings (SSSR count). The molecule has 0 fully saturated rings. The van der Waals surface area contributed by atoms with E-state index in [4.69, 9.17) is 9.47 Å². The Labute approximate surface area is 182 Å². The van der Waals surface area contributed by atoms with Crippen LogP contribution in [0, 0.1) is 0 Å². The van der Waals surface area contributed by atoms with Gasteiger partial charge in [-0.25, -0.2) is 4.79 Å². The number of carbonyl (C=O) groups excluding carboxylic acids is 1. The summed E-state index contributed by atoms with van der Waals surface area (Å²) in [6.45, 7) is 4.00. The van der Waals surface area contributed by atoms with Crippen molar-refractivity contribution in [3.05, 3.63) is 78.7 Å². The third kappa shape index (κ3) is 5.85. The summed E-state index contributed by atoms with van der Waals surface area (Å²) in [5, 5.41) is 6.51. The summed E-state index contributed by atoms with van der Waals surface area (Å²) in [6, 6.07) is 14.4. The molecule has 0 atom stereocenters. The zero-order valence-electron chi connectivity index (χ0n) is 18.0. The highest BCUT2D eigenvalue weighted by Crippen LogP contribution is 2.31. The molecule has 0 bridgehead atoms. The Kier molecular flexibility index (Phi) is 7.65. The lowest BCUT2D eigenvalue weighted by Crippen LogP contribution is -2.27. The van der Waals surface area contributed by atoms with Gasteiger partial charge in [0.25, 0.3) is 0 Å². The van der Waals surface area contributed by atoms with Gasteiger partial charge in [-0.3, -0.25) is 4.98 Å². The maximum absolute atomic E-state index is 12.1. The second-order valence-electron chi connectivity index (χ2n) is 6.54. The zero-order valence-corrected chi connectivity index (χ0v) is 18.0. The predicted octanol–water partition coefficient (Wildman–Crippen LogP) is 6.42. The molecule has 31 heavy (non-hydrogen) atoms. The first-order valence-electron chi connectivity index (χ1n) is 10.4. The summed E-state index contributed by atoms with van der Waals surface area (Å²) in [5.74, 6) is 2.08. The van der Waals surface area contributed by atoms with Crippen LogP contribution in [-0.4, -0.2) is 18.1 Å². The Balaban J connectivity index is 0.00000132. The molecular weight excluding hydrogens is 390 g/mol. The molecule has 0 aliphatic heterocycles. The standard InChI is InChI=1S/C23H21N3O3.C2H6/c1-28-19-11-12-21-20(15-19)22(13-14-24-21)29-18-9-7-17(8-10-18)26-23(27)25-16-5-3-2-4-6-16;1-2/h3,5-15H,2,4H2,1H3,(H2,25,26,27);1-2H3. The Morgan fingerprint density at radius 1 is 0.968 bits per heavy atom. The number of anilines is 1. The predicted molar refractivity (Wildman–Crippen MR) is 125 cm³/mol. The van der Waals surface area contributed by atoms with Crippen LogP contribution in [-0.2, 0) is 0 Å². The molecule has 3 aromatic rings. The summed E-state index contributed by atoms with van der Waals surface area (Å²) in [6.07, 6.45) is 9.61. The van der Waals surface area contributed by atoms with Crippen LogP contribution in [0.5, 0.6) is 17.2 Å². The van der Waals surface area contributed by atoms with Crippen molar-refractivity contribution in [2.75, 3.05) is 12.4 Å². The first-order valence-corrected chi connectivity index (χ1v) is 10.4. The quantitative estimate of drug-likeness (QED) is 0.503. The molecule has 6 nitrogen and oxygen atoms in total. The number of rotatable bonds is 5. The molecule has 0 saturated carbocycles. The van der Waals surface area contributed by atoms with Gasteiger partial charge in [0.05, 0.1) is 12.6 Å². The van der Waals surface area contributed by atoms with Crippen molar-refractivity contribution in [3.63, 3.8) is 0 Å². The van der Waals surface area contributed by atoms with E-state index in [1.807, 2.05) is 68.5 Å². The summed E-state index contributed by atoms with van der Waals surface area (Å²) in [4.78, 5) is 16.5. The number of ether oxygens (including phenoxy) is 2. The normalized spacial score (nSPS) is 12.3. The molecule has 1 aliphatic carbocycles. The minimum absolute atomic E-state index is 0.274. The van der Waals surface area contributed by atoms with Gasteiger partial charge < -0.3 is 20.1 Å². The summed E-state index contributed by atoms with van der Waals surface area (Å²) >= 11 is 0. The molecule has 0 unspecified atom stereocenters. The van der Waals surface area contributed by atoms with Crippen LogP contribution in [0.4, 0.5) is 10.5 Å². The van der Waals surface area contributed by atoms with Crippen molar-refractivity contribution in [1.29, 1.82) is 0 Å². The number of amides is 2. The highest BCUT2D eigenvalue weighted by atomic mass is 16.5. The van der Waals surface area contributed by atoms with E-state index in [1.54, 1.807) is 25.4 Å². The van der Waals surface area contributed by atoms with Crippen LogP contribution in [0.25, 0.3) is 10.9 Å². The average Bonchev–Trinajstić information content (AvgIpc) is 2.82. The van der Waals surface area contributed by atoms with E-state index >= 15 is 0 Å². The van der Waals surface area contributed by atoms with Gasteiger partial charge in [-0.1, -0.05) is 26.0 Å². The average molecular weight is 418 g/mol. The molecule has 2 N–H and O–H groups in total. The maximum Gasteiger partial charge on any atom is 0.323 e. The second kappa shape index (κ2) is 10.8. The molecule has 0 saturated heterocycles. The number of allylic oxidation sites excluding steroid dienone is 3. The number of urea groups is 1. The van der Waals surface area contributed by atoms with Gasteiger partial charge in [0.15, 0.2) is 0 Å². The van der Waals surface area contributed by atoms with Crippen LogP contribution in [0.15, 0.2) is 78.7 Å². The van der Waals surface area contributed by atoms with E-state index in [1.165, 1.54) is 0 Å². The number of nitrogens with one attached hydrogen (secondary N) is 2. The van der Waals surface area contributed by atoms with Crippen molar-refractivity contribution in [3.8, 4) is 17.2 Å². The minimum atomic E-state index is -0.274. The lowest BCUT2D eigenvalue weighted by atomic mass is 10.1. The third-order valence-electron chi connectivity index (χ3n) is 4.50. The van der Waals surface area contributed by atoms with E-state index < -0.39 is 0 Å². The Hall–Kier alpha value is -3.80. The molecule has 2 aromatic carbocycles. The molecule has 1 aliphatic rings. The maximum atomic E-state index is 12.1. The van der Waals surface area contributed by atoms with Crippen LogP contribution in [0.1, 0.15) is 26.7 Å². The van der Waals surface area contributed by atoms with Gasteiger partial charge in [0.1, 0.15) is 17.2 Å². The number of hydrogen-bond acceptors (Lipinski definition) is 4. The number of aromatic nitrogens is 1. The van der Waals surface area contributed by atoms with Crippen LogP contribution >= 0.6 is 0 Å². The fraction of sp³-hybridized carbons (Fsp3) is 0.200. The Morgan fingerprint density at radius 2 is 1.74 bits per heavy atom. The number of pyridine rings is 1. The van der Waals surface area contributed by atoms with E-state index in [-0.39, 0.29) is 6.03 Å². The molecule has 6 heteroatoms. The first kappa shape index (κ1) is 21.9. The molecular formula is C25H27N3O3. The number of fused-ring (bicyclic) bond motifs is 1. The highest BCUT2D eigenvalue weighted by Gasteiger charge is 2.08. The number of nitrogens with zero attached hydrogens (tertiary/aromatic N) is 1. The monoisotopic (exact) mass is 417 g/mol.